The number of likely N-dealkylation sites (tertiary alicyclic amines) is 1. The van der Waals surface area contributed by atoms with Crippen LogP contribution in [0.2, 0.25) is 0 Å². The van der Waals surface area contributed by atoms with Crippen LogP contribution in [0.1, 0.15) is 44.6 Å². The Morgan fingerprint density at radius 3 is 2.88 bits per heavy atom. The average molecular weight is 333 g/mol. The van der Waals surface area contributed by atoms with Crippen molar-refractivity contribution in [3.05, 3.63) is 29.8 Å². The normalized spacial score (nSPS) is 18.9. The molecule has 2 unspecified atom stereocenters. The third-order valence-corrected chi connectivity index (χ3v) is 4.51. The average Bonchev–Trinajstić information content (AvgIpc) is 2.57. The van der Waals surface area contributed by atoms with Crippen LogP contribution in [0, 0.1) is 12.8 Å². The van der Waals surface area contributed by atoms with Crippen LogP contribution in [0.3, 0.4) is 0 Å². The van der Waals surface area contributed by atoms with Crippen LogP contribution in [0.4, 0.5) is 0 Å². The third kappa shape index (κ3) is 5.25. The van der Waals surface area contributed by atoms with Crippen molar-refractivity contribution in [3.63, 3.8) is 0 Å². The molecule has 0 saturated carbocycles. The number of carbonyl (C=O) groups is 2. The number of piperidine rings is 1. The molecular weight excluding hydrogens is 306 g/mol. The molecule has 24 heavy (non-hydrogen) atoms. The summed E-state index contributed by atoms with van der Waals surface area (Å²) in [5, 5.41) is 8.83. The van der Waals surface area contributed by atoms with E-state index in [0.29, 0.717) is 19.4 Å². The summed E-state index contributed by atoms with van der Waals surface area (Å²) >= 11 is 0. The van der Waals surface area contributed by atoms with Gasteiger partial charge < -0.3 is 14.7 Å². The lowest BCUT2D eigenvalue weighted by molar-refractivity contribution is -0.141. The molecule has 132 valence electrons. The number of carboxylic acid groups (broad SMARTS) is 1. The van der Waals surface area contributed by atoms with Gasteiger partial charge in [-0.3, -0.25) is 9.59 Å². The lowest BCUT2D eigenvalue weighted by atomic mass is 9.93. The van der Waals surface area contributed by atoms with E-state index < -0.39 is 12.1 Å². The van der Waals surface area contributed by atoms with Gasteiger partial charge >= 0.3 is 5.97 Å². The predicted octanol–water partition coefficient (Wildman–Crippen LogP) is 3.26. The molecule has 0 aromatic heterocycles. The van der Waals surface area contributed by atoms with Crippen molar-refractivity contribution in [1.82, 2.24) is 4.90 Å². The molecule has 1 N–H and O–H groups in total. The van der Waals surface area contributed by atoms with E-state index >= 15 is 0 Å². The Kier molecular flexibility index (Phi) is 6.64. The maximum atomic E-state index is 12.8. The summed E-state index contributed by atoms with van der Waals surface area (Å²) < 4.78 is 5.91. The van der Waals surface area contributed by atoms with E-state index in [2.05, 4.69) is 0 Å². The quantitative estimate of drug-likeness (QED) is 0.832. The molecule has 1 fully saturated rings. The van der Waals surface area contributed by atoms with Crippen LogP contribution in [-0.4, -0.2) is 41.1 Å². The smallest absolute Gasteiger partial charge is 0.303 e. The number of amides is 1. The van der Waals surface area contributed by atoms with E-state index in [4.69, 9.17) is 9.84 Å². The van der Waals surface area contributed by atoms with Gasteiger partial charge in [0.1, 0.15) is 5.75 Å². The molecule has 5 heteroatoms. The second kappa shape index (κ2) is 8.71. The van der Waals surface area contributed by atoms with Gasteiger partial charge in [-0.1, -0.05) is 19.1 Å². The van der Waals surface area contributed by atoms with Crippen LogP contribution in [0.5, 0.6) is 5.75 Å². The zero-order valence-corrected chi connectivity index (χ0v) is 14.5. The van der Waals surface area contributed by atoms with Gasteiger partial charge in [-0.05, 0) is 56.2 Å². The minimum atomic E-state index is -0.771. The van der Waals surface area contributed by atoms with E-state index in [9.17, 15) is 9.59 Å². The van der Waals surface area contributed by atoms with Crippen LogP contribution >= 0.6 is 0 Å². The van der Waals surface area contributed by atoms with Crippen molar-refractivity contribution in [2.24, 2.45) is 5.92 Å². The topological polar surface area (TPSA) is 66.8 Å². The number of nitrogens with zero attached hydrogens (tertiary/aromatic N) is 1. The van der Waals surface area contributed by atoms with Crippen LogP contribution < -0.4 is 4.74 Å². The van der Waals surface area contributed by atoms with E-state index in [0.717, 1.165) is 30.7 Å². The van der Waals surface area contributed by atoms with Crippen molar-refractivity contribution in [2.75, 3.05) is 13.1 Å². The summed E-state index contributed by atoms with van der Waals surface area (Å²) in [7, 11) is 0. The first-order chi connectivity index (χ1) is 11.5. The van der Waals surface area contributed by atoms with Gasteiger partial charge in [0, 0.05) is 19.5 Å². The maximum Gasteiger partial charge on any atom is 0.303 e. The molecule has 1 aliphatic rings. The Morgan fingerprint density at radius 1 is 1.42 bits per heavy atom. The standard InChI is InChI=1S/C19H27NO4/c1-3-17(24-16-8-4-6-14(2)12-16)19(23)20-11-5-7-15(13-20)9-10-18(21)22/h4,6,8,12,15,17H,3,5,7,9-11,13H2,1-2H3,(H,21,22). The summed E-state index contributed by atoms with van der Waals surface area (Å²) in [6.07, 6.45) is 2.86. The molecule has 2 atom stereocenters. The number of hydrogen-bond donors (Lipinski definition) is 1. The zero-order chi connectivity index (χ0) is 17.5. The van der Waals surface area contributed by atoms with Gasteiger partial charge in [0.05, 0.1) is 0 Å². The van der Waals surface area contributed by atoms with Gasteiger partial charge in [0.25, 0.3) is 5.91 Å². The number of hydrogen-bond acceptors (Lipinski definition) is 3. The number of rotatable bonds is 7. The van der Waals surface area contributed by atoms with Crippen molar-refractivity contribution in [2.45, 2.75) is 52.1 Å². The van der Waals surface area contributed by atoms with Gasteiger partial charge in [0.15, 0.2) is 6.10 Å². The van der Waals surface area contributed by atoms with E-state index in [-0.39, 0.29) is 18.2 Å². The van der Waals surface area contributed by atoms with Gasteiger partial charge in [-0.15, -0.1) is 0 Å². The highest BCUT2D eigenvalue weighted by molar-refractivity contribution is 5.81. The van der Waals surface area contributed by atoms with Gasteiger partial charge in [-0.25, -0.2) is 0 Å². The molecule has 0 aliphatic carbocycles. The second-order valence-electron chi connectivity index (χ2n) is 6.56. The lowest BCUT2D eigenvalue weighted by Gasteiger charge is -2.34. The minimum Gasteiger partial charge on any atom is -0.481 e. The van der Waals surface area contributed by atoms with E-state index in [1.807, 2.05) is 43.0 Å². The van der Waals surface area contributed by atoms with Gasteiger partial charge in [-0.2, -0.15) is 0 Å². The first kappa shape index (κ1) is 18.3. The molecule has 5 nitrogen and oxygen atoms in total. The fourth-order valence-electron chi connectivity index (χ4n) is 3.19. The summed E-state index contributed by atoms with van der Waals surface area (Å²) in [6, 6.07) is 7.72. The summed E-state index contributed by atoms with van der Waals surface area (Å²) in [6.45, 7) is 5.31. The van der Waals surface area contributed by atoms with Crippen molar-refractivity contribution >= 4 is 11.9 Å². The largest absolute Gasteiger partial charge is 0.481 e. The van der Waals surface area contributed by atoms with Crippen LogP contribution in [-0.2, 0) is 9.59 Å². The number of carbonyl (C=O) groups excluding carboxylic acids is 1. The summed E-state index contributed by atoms with van der Waals surface area (Å²) in [5.74, 6) is 0.233. The molecule has 0 radical (unpaired) electrons. The first-order valence-electron chi connectivity index (χ1n) is 8.73. The number of carboxylic acids is 1. The molecule has 0 bridgehead atoms. The molecular formula is C19H27NO4. The molecule has 1 aromatic carbocycles. The third-order valence-electron chi connectivity index (χ3n) is 4.51. The predicted molar refractivity (Wildman–Crippen MR) is 92.1 cm³/mol. The lowest BCUT2D eigenvalue weighted by Crippen LogP contribution is -2.46. The molecule has 1 heterocycles. The van der Waals surface area contributed by atoms with Gasteiger partial charge in [0.2, 0.25) is 0 Å². The minimum absolute atomic E-state index is 0.0130. The van der Waals surface area contributed by atoms with Crippen molar-refractivity contribution < 1.29 is 19.4 Å². The highest BCUT2D eigenvalue weighted by atomic mass is 16.5. The Morgan fingerprint density at radius 2 is 2.21 bits per heavy atom. The van der Waals surface area contributed by atoms with Crippen molar-refractivity contribution in [1.29, 1.82) is 0 Å². The number of aryl methyl sites for hydroxylation is 1. The maximum absolute atomic E-state index is 12.8. The Hall–Kier alpha value is -2.04. The summed E-state index contributed by atoms with van der Waals surface area (Å²) in [4.78, 5) is 25.4. The highest BCUT2D eigenvalue weighted by Crippen LogP contribution is 2.23. The first-order valence-corrected chi connectivity index (χ1v) is 8.73. The molecule has 2 rings (SSSR count). The second-order valence-corrected chi connectivity index (χ2v) is 6.56. The van der Waals surface area contributed by atoms with Crippen LogP contribution in [0.25, 0.3) is 0 Å². The zero-order valence-electron chi connectivity index (χ0n) is 14.5. The van der Waals surface area contributed by atoms with E-state index in [1.54, 1.807) is 0 Å². The monoisotopic (exact) mass is 333 g/mol. The molecule has 0 spiro atoms. The number of benzene rings is 1. The molecule has 1 aliphatic heterocycles. The van der Waals surface area contributed by atoms with Crippen molar-refractivity contribution in [3.8, 4) is 5.75 Å². The SMILES string of the molecule is CCC(Oc1cccc(C)c1)C(=O)N1CCCC(CCC(=O)O)C1. The fraction of sp³-hybridized carbons (Fsp3) is 0.579. The Balaban J connectivity index is 1.95. The molecule has 1 aromatic rings. The van der Waals surface area contributed by atoms with Crippen LogP contribution in [0.15, 0.2) is 24.3 Å². The molecule has 1 amide bonds. The Bertz CT molecular complexity index is 572. The highest BCUT2D eigenvalue weighted by Gasteiger charge is 2.29. The molecule has 1 saturated heterocycles. The number of aliphatic carboxylic acids is 1. The summed E-state index contributed by atoms with van der Waals surface area (Å²) in [5.41, 5.74) is 1.10. The van der Waals surface area contributed by atoms with E-state index in [1.165, 1.54) is 0 Å². The number of ether oxygens (including phenoxy) is 1. The Labute approximate surface area is 143 Å². The fourth-order valence-corrected chi connectivity index (χ4v) is 3.19.